The average molecular weight is 835 g/mol. The number of alkyl carbamates (subject to hydrolysis) is 1. The molecular formula is C40H56F2N6O9S. The van der Waals surface area contributed by atoms with Crippen LogP contribution in [-0.4, -0.2) is 101 Å². The number of hydrogen-bond donors (Lipinski definition) is 3. The molecule has 2 aliphatic carbocycles. The number of methoxy groups -OCH3 is 1. The van der Waals surface area contributed by atoms with Crippen LogP contribution < -0.4 is 24.8 Å². The van der Waals surface area contributed by atoms with Crippen molar-refractivity contribution in [3.8, 4) is 11.6 Å². The third-order valence-electron chi connectivity index (χ3n) is 12.1. The summed E-state index contributed by atoms with van der Waals surface area (Å²) in [6.45, 7) is 11.7. The molecule has 4 amide bonds. The van der Waals surface area contributed by atoms with Crippen LogP contribution in [0.3, 0.4) is 0 Å². The van der Waals surface area contributed by atoms with Crippen molar-refractivity contribution in [1.29, 1.82) is 0 Å². The number of alkyl halides is 2. The molecule has 4 aliphatic rings. The summed E-state index contributed by atoms with van der Waals surface area (Å²) in [5, 5.41) is 5.20. The topological polar surface area (TPSA) is 195 Å². The van der Waals surface area contributed by atoms with Gasteiger partial charge in [0.15, 0.2) is 0 Å². The number of aryl methyl sites for hydroxylation is 1. The molecule has 320 valence electrons. The Kier molecular flexibility index (Phi) is 11.7. The van der Waals surface area contributed by atoms with Crippen LogP contribution in [0.4, 0.5) is 13.6 Å². The molecule has 1 aromatic carbocycles. The van der Waals surface area contributed by atoms with Gasteiger partial charge in [-0.3, -0.25) is 19.1 Å². The van der Waals surface area contributed by atoms with E-state index in [0.29, 0.717) is 35.3 Å². The predicted molar refractivity (Wildman–Crippen MR) is 209 cm³/mol. The van der Waals surface area contributed by atoms with Crippen LogP contribution in [0.15, 0.2) is 18.2 Å². The zero-order chi connectivity index (χ0) is 42.6. The van der Waals surface area contributed by atoms with Gasteiger partial charge in [0.1, 0.15) is 40.8 Å². The zero-order valence-electron chi connectivity index (χ0n) is 34.4. The second kappa shape index (κ2) is 15.7. The number of halogens is 2. The molecule has 0 spiro atoms. The van der Waals surface area contributed by atoms with E-state index in [4.69, 9.17) is 24.2 Å². The Labute approximate surface area is 338 Å². The van der Waals surface area contributed by atoms with Crippen LogP contribution in [-0.2, 0) is 35.6 Å². The minimum Gasteiger partial charge on any atom is -0.497 e. The van der Waals surface area contributed by atoms with Gasteiger partial charge in [-0.2, -0.15) is 0 Å². The molecular weight excluding hydrogens is 779 g/mol. The van der Waals surface area contributed by atoms with Crippen molar-refractivity contribution in [2.24, 2.45) is 17.3 Å². The maximum atomic E-state index is 14.8. The van der Waals surface area contributed by atoms with Crippen LogP contribution in [0.2, 0.25) is 0 Å². The second-order valence-corrected chi connectivity index (χ2v) is 20.5. The van der Waals surface area contributed by atoms with Crippen molar-refractivity contribution in [3.05, 3.63) is 23.9 Å². The van der Waals surface area contributed by atoms with Crippen molar-refractivity contribution in [2.45, 2.75) is 147 Å². The lowest BCUT2D eigenvalue weighted by atomic mass is 9.85. The van der Waals surface area contributed by atoms with Gasteiger partial charge in [0.2, 0.25) is 34.1 Å². The first-order valence-electron chi connectivity index (χ1n) is 20.0. The lowest BCUT2D eigenvalue weighted by Gasteiger charge is -2.36. The monoisotopic (exact) mass is 834 g/mol. The minimum absolute atomic E-state index is 0.192. The number of carbonyl (C=O) groups excluding carboxylic acids is 4. The quantitative estimate of drug-likeness (QED) is 0.347. The van der Waals surface area contributed by atoms with Crippen LogP contribution in [0.5, 0.6) is 11.6 Å². The van der Waals surface area contributed by atoms with Crippen LogP contribution in [0.25, 0.3) is 11.0 Å². The highest BCUT2D eigenvalue weighted by Gasteiger charge is 2.67. The highest BCUT2D eigenvalue weighted by Crippen LogP contribution is 2.49. The number of nitrogens with one attached hydrogen (secondary N) is 3. The number of rotatable bonds is 7. The van der Waals surface area contributed by atoms with Gasteiger partial charge in [0.25, 0.3) is 5.91 Å². The van der Waals surface area contributed by atoms with E-state index < -0.39 is 98.0 Å². The number of fused-ring (bicyclic) bond motifs is 4. The molecule has 3 N–H and O–H groups in total. The number of aromatic nitrogens is 2. The third-order valence-corrected chi connectivity index (χ3v) is 14.3. The molecule has 0 radical (unpaired) electrons. The van der Waals surface area contributed by atoms with Gasteiger partial charge >= 0.3 is 6.09 Å². The maximum Gasteiger partial charge on any atom is 0.408 e. The molecule has 2 bridgehead atoms. The van der Waals surface area contributed by atoms with Gasteiger partial charge in [0.05, 0.1) is 35.4 Å². The summed E-state index contributed by atoms with van der Waals surface area (Å²) in [6, 6.07) is 2.62. The molecule has 2 aliphatic heterocycles. The summed E-state index contributed by atoms with van der Waals surface area (Å²) in [5.74, 6) is -4.69. The van der Waals surface area contributed by atoms with Gasteiger partial charge in [0, 0.05) is 12.0 Å². The Balaban J connectivity index is 1.39. The van der Waals surface area contributed by atoms with Gasteiger partial charge in [-0.15, -0.1) is 0 Å². The van der Waals surface area contributed by atoms with Crippen molar-refractivity contribution < 1.29 is 50.6 Å². The number of sulfonamides is 1. The number of ether oxygens (including phenoxy) is 3. The van der Waals surface area contributed by atoms with E-state index >= 15 is 0 Å². The fraction of sp³-hybridized carbons (Fsp3) is 0.700. The lowest BCUT2D eigenvalue weighted by Crippen LogP contribution is -2.61. The number of nitrogens with zero attached hydrogens (tertiary/aromatic N) is 3. The van der Waals surface area contributed by atoms with E-state index in [9.17, 15) is 36.4 Å². The molecule has 3 heterocycles. The Hall–Kier alpha value is -4.35. The fourth-order valence-corrected chi connectivity index (χ4v) is 9.20. The summed E-state index contributed by atoms with van der Waals surface area (Å²) in [4.78, 5) is 67.4. The normalized spacial score (nSPS) is 28.9. The molecule has 1 saturated heterocycles. The lowest BCUT2D eigenvalue weighted by molar-refractivity contribution is -0.143. The van der Waals surface area contributed by atoms with Crippen LogP contribution in [0.1, 0.15) is 106 Å². The maximum absolute atomic E-state index is 14.8. The molecule has 6 rings (SSSR count). The third kappa shape index (κ3) is 8.81. The van der Waals surface area contributed by atoms with Crippen molar-refractivity contribution >= 4 is 44.9 Å². The SMILES string of the molecule is COc1ccc2nc3c(nc2c1)O[C@H]1CN(C(=O)[C@H](C(C)(C)C)NC(=O)OC(C)(C)CCCCCC3)[C@H](C(=O)N[C@]2(C(=O)NS(=O)(=O)C3(C)CC3)C[C@H]2C(F)F)[C@@H]1C. The van der Waals surface area contributed by atoms with E-state index in [1.165, 1.54) is 18.9 Å². The molecule has 58 heavy (non-hydrogen) atoms. The highest BCUT2D eigenvalue weighted by molar-refractivity contribution is 7.91. The fourth-order valence-electron chi connectivity index (χ4n) is 7.88. The zero-order valence-corrected chi connectivity index (χ0v) is 35.3. The van der Waals surface area contributed by atoms with E-state index in [2.05, 4.69) is 10.6 Å². The largest absolute Gasteiger partial charge is 0.497 e. The van der Waals surface area contributed by atoms with E-state index in [1.807, 2.05) is 4.72 Å². The molecule has 6 atom stereocenters. The smallest absolute Gasteiger partial charge is 0.408 e. The molecule has 15 nitrogen and oxygen atoms in total. The summed E-state index contributed by atoms with van der Waals surface area (Å²) >= 11 is 0. The van der Waals surface area contributed by atoms with Gasteiger partial charge in [-0.25, -0.2) is 32.0 Å². The second-order valence-electron chi connectivity index (χ2n) is 18.3. The Morgan fingerprint density at radius 3 is 2.34 bits per heavy atom. The highest BCUT2D eigenvalue weighted by atomic mass is 32.2. The minimum atomic E-state index is -4.25. The summed E-state index contributed by atoms with van der Waals surface area (Å²) in [5.41, 5.74) is -2.38. The molecule has 1 aromatic heterocycles. The number of benzene rings is 1. The summed E-state index contributed by atoms with van der Waals surface area (Å²) < 4.78 is 73.3. The van der Waals surface area contributed by atoms with Crippen molar-refractivity contribution in [2.75, 3.05) is 13.7 Å². The standard InChI is InChI=1S/C40H56F2N6O9S/c1-22-28-21-48(29(22)32(49)46-40(20-24(40)31(41)42)35(51)47-58(53,54)39(7)17-18-39)34(50)30(37(2,3)4)45-36(52)57-38(5,6)16-12-10-9-11-13-26-33(56-28)44-27-19-23(55-8)14-15-25(27)43-26/h14-15,19,22,24,28-31H,9-13,16-18,20-21H2,1-8H3,(H,45,52)(H,46,49)(H,47,51)/t22-,24+,28+,29+,30-,40-/m1/s1. The van der Waals surface area contributed by atoms with E-state index in [1.54, 1.807) is 59.7 Å². The van der Waals surface area contributed by atoms with Crippen molar-refractivity contribution in [1.82, 2.24) is 30.2 Å². The van der Waals surface area contributed by atoms with Gasteiger partial charge in [-0.05, 0) is 83.3 Å². The molecule has 0 unspecified atom stereocenters. The molecule has 2 saturated carbocycles. The van der Waals surface area contributed by atoms with E-state index in [0.717, 1.165) is 25.7 Å². The first-order valence-corrected chi connectivity index (χ1v) is 21.5. The molecule has 2 aromatic rings. The number of cyclic esters (lactones) is 1. The van der Waals surface area contributed by atoms with E-state index in [-0.39, 0.29) is 25.3 Å². The predicted octanol–water partition coefficient (Wildman–Crippen LogP) is 4.80. The Morgan fingerprint density at radius 1 is 1.03 bits per heavy atom. The Morgan fingerprint density at radius 2 is 1.72 bits per heavy atom. The van der Waals surface area contributed by atoms with Crippen LogP contribution >= 0.6 is 0 Å². The first kappa shape index (κ1) is 43.2. The van der Waals surface area contributed by atoms with Crippen molar-refractivity contribution in [3.63, 3.8) is 0 Å². The van der Waals surface area contributed by atoms with Crippen LogP contribution in [0, 0.1) is 17.3 Å². The number of carbonyl (C=O) groups is 4. The number of hydrogen-bond acceptors (Lipinski definition) is 11. The summed E-state index contributed by atoms with van der Waals surface area (Å²) in [6.07, 6.45) is -0.475. The Bertz CT molecular complexity index is 2060. The molecule has 3 fully saturated rings. The average Bonchev–Trinajstić information content (AvgIpc) is 4.04. The van der Waals surface area contributed by atoms with Gasteiger partial charge < -0.3 is 29.7 Å². The summed E-state index contributed by atoms with van der Waals surface area (Å²) in [7, 11) is -2.72. The molecule has 18 heteroatoms. The number of amides is 4. The first-order chi connectivity index (χ1) is 27.0. The van der Waals surface area contributed by atoms with Gasteiger partial charge in [-0.1, -0.05) is 40.5 Å².